The summed E-state index contributed by atoms with van der Waals surface area (Å²) in [6.45, 7) is 3.68. The first-order valence-corrected chi connectivity index (χ1v) is 8.41. The van der Waals surface area contributed by atoms with E-state index >= 15 is 0 Å². The molecular weight excluding hydrogens is 316 g/mol. The zero-order chi connectivity index (χ0) is 15.5. The van der Waals surface area contributed by atoms with E-state index in [1.54, 1.807) is 19.4 Å². The Morgan fingerprint density at radius 1 is 1.52 bits per heavy atom. The molecule has 8 nitrogen and oxygen atoms in total. The molecule has 0 amide bonds. The van der Waals surface area contributed by atoms with Gasteiger partial charge in [0.1, 0.15) is 5.56 Å². The summed E-state index contributed by atoms with van der Waals surface area (Å²) in [7, 11) is -3.89. The number of thiazole rings is 1. The van der Waals surface area contributed by atoms with Crippen molar-refractivity contribution in [1.29, 1.82) is 0 Å². The summed E-state index contributed by atoms with van der Waals surface area (Å²) in [5, 5.41) is 5.61. The molecule has 0 aliphatic heterocycles. The van der Waals surface area contributed by atoms with E-state index in [0.29, 0.717) is 0 Å². The summed E-state index contributed by atoms with van der Waals surface area (Å²) in [6, 6.07) is 0. The molecule has 2 heterocycles. The summed E-state index contributed by atoms with van der Waals surface area (Å²) < 4.78 is 31.6. The largest absolute Gasteiger partial charge is 0.462 e. The number of nitrogens with one attached hydrogen (secondary N) is 2. The van der Waals surface area contributed by atoms with Crippen molar-refractivity contribution in [2.45, 2.75) is 25.4 Å². The lowest BCUT2D eigenvalue weighted by atomic mass is 10.4. The molecule has 0 aromatic carbocycles. The second kappa shape index (κ2) is 6.33. The van der Waals surface area contributed by atoms with Gasteiger partial charge < -0.3 is 4.74 Å². The Morgan fingerprint density at radius 2 is 2.29 bits per heavy atom. The van der Waals surface area contributed by atoms with Crippen LogP contribution in [0.2, 0.25) is 0 Å². The third kappa shape index (κ3) is 3.46. The van der Waals surface area contributed by atoms with Gasteiger partial charge in [0.15, 0.2) is 5.03 Å². The number of rotatable bonds is 6. The SMILES string of the molecule is CCOC(=O)c1cn[nH]c1S(=O)(=O)NCc1scnc1C. The highest BCUT2D eigenvalue weighted by Gasteiger charge is 2.25. The molecule has 2 N–H and O–H groups in total. The van der Waals surface area contributed by atoms with Crippen molar-refractivity contribution >= 4 is 27.3 Å². The molecule has 0 saturated heterocycles. The van der Waals surface area contributed by atoms with E-state index in [9.17, 15) is 13.2 Å². The Kier molecular flexibility index (Phi) is 4.70. The summed E-state index contributed by atoms with van der Waals surface area (Å²) in [6.07, 6.45) is 1.13. The average Bonchev–Trinajstić information content (AvgIpc) is 3.05. The van der Waals surface area contributed by atoms with E-state index in [2.05, 4.69) is 19.9 Å². The number of carbonyl (C=O) groups excluding carboxylic acids is 1. The molecule has 0 unspecified atom stereocenters. The first-order valence-electron chi connectivity index (χ1n) is 6.04. The number of aromatic nitrogens is 3. The van der Waals surface area contributed by atoms with Gasteiger partial charge in [0, 0.05) is 11.4 Å². The van der Waals surface area contributed by atoms with Gasteiger partial charge in [-0.3, -0.25) is 5.10 Å². The topological polar surface area (TPSA) is 114 Å². The normalized spacial score (nSPS) is 11.5. The van der Waals surface area contributed by atoms with Crippen LogP contribution in [0.3, 0.4) is 0 Å². The molecule has 2 aromatic rings. The lowest BCUT2D eigenvalue weighted by Gasteiger charge is -2.06. The fourth-order valence-electron chi connectivity index (χ4n) is 1.56. The van der Waals surface area contributed by atoms with E-state index in [4.69, 9.17) is 4.74 Å². The fraction of sp³-hybridized carbons (Fsp3) is 0.364. The summed E-state index contributed by atoms with van der Waals surface area (Å²) in [5.41, 5.74) is 2.28. The van der Waals surface area contributed by atoms with Crippen LogP contribution in [0.25, 0.3) is 0 Å². The van der Waals surface area contributed by atoms with Gasteiger partial charge in [-0.1, -0.05) is 0 Å². The van der Waals surface area contributed by atoms with Gasteiger partial charge in [-0.25, -0.2) is 22.9 Å². The second-order valence-electron chi connectivity index (χ2n) is 4.02. The Balaban J connectivity index is 2.19. The molecular formula is C11H14N4O4S2. The van der Waals surface area contributed by atoms with Crippen LogP contribution in [-0.2, 0) is 21.3 Å². The van der Waals surface area contributed by atoms with Crippen LogP contribution >= 0.6 is 11.3 Å². The predicted molar refractivity (Wildman–Crippen MR) is 75.4 cm³/mol. The maximum absolute atomic E-state index is 12.2. The lowest BCUT2D eigenvalue weighted by molar-refractivity contribution is 0.0522. The van der Waals surface area contributed by atoms with E-state index < -0.39 is 16.0 Å². The van der Waals surface area contributed by atoms with Crippen LogP contribution < -0.4 is 4.72 Å². The van der Waals surface area contributed by atoms with Crippen LogP contribution in [-0.4, -0.2) is 36.2 Å². The molecule has 0 saturated carbocycles. The smallest absolute Gasteiger partial charge is 0.342 e. The van der Waals surface area contributed by atoms with E-state index in [-0.39, 0.29) is 23.7 Å². The third-order valence-electron chi connectivity index (χ3n) is 2.64. The minimum absolute atomic E-state index is 0.0973. The van der Waals surface area contributed by atoms with Crippen molar-refractivity contribution in [3.8, 4) is 0 Å². The Morgan fingerprint density at radius 3 is 2.90 bits per heavy atom. The number of sulfonamides is 1. The molecule has 2 aromatic heterocycles. The Hall–Kier alpha value is -1.78. The zero-order valence-corrected chi connectivity index (χ0v) is 13.0. The van der Waals surface area contributed by atoms with Gasteiger partial charge in [-0.2, -0.15) is 5.10 Å². The van der Waals surface area contributed by atoms with Crippen molar-refractivity contribution in [3.05, 3.63) is 27.8 Å². The quantitative estimate of drug-likeness (QED) is 0.758. The van der Waals surface area contributed by atoms with Gasteiger partial charge in [0.25, 0.3) is 10.0 Å². The number of ether oxygens (including phenoxy) is 1. The van der Waals surface area contributed by atoms with E-state index in [1.807, 2.05) is 0 Å². The van der Waals surface area contributed by atoms with E-state index in [0.717, 1.165) is 16.8 Å². The van der Waals surface area contributed by atoms with Crippen LogP contribution in [0.5, 0.6) is 0 Å². The first-order chi connectivity index (χ1) is 9.95. The number of H-pyrrole nitrogens is 1. The number of hydrogen-bond donors (Lipinski definition) is 2. The first kappa shape index (κ1) is 15.6. The van der Waals surface area contributed by atoms with Crippen LogP contribution in [0.1, 0.15) is 27.9 Å². The van der Waals surface area contributed by atoms with Crippen LogP contribution in [0, 0.1) is 6.92 Å². The average molecular weight is 330 g/mol. The summed E-state index contributed by atoms with van der Waals surface area (Å²) in [5.74, 6) is -0.736. The Labute approximate surface area is 125 Å². The standard InChI is InChI=1S/C11H14N4O4S2/c1-3-19-11(16)8-4-13-15-10(8)21(17,18)14-5-9-7(2)12-6-20-9/h4,6,14H,3,5H2,1-2H3,(H,13,15). The van der Waals surface area contributed by atoms with Crippen molar-refractivity contribution in [2.24, 2.45) is 0 Å². The highest BCUT2D eigenvalue weighted by atomic mass is 32.2. The second-order valence-corrected chi connectivity index (χ2v) is 6.66. The fourth-order valence-corrected chi connectivity index (χ4v) is 3.45. The minimum atomic E-state index is -3.89. The van der Waals surface area contributed by atoms with Gasteiger partial charge in [0.05, 0.1) is 24.0 Å². The monoisotopic (exact) mass is 330 g/mol. The van der Waals surface area contributed by atoms with Crippen molar-refractivity contribution in [3.63, 3.8) is 0 Å². The van der Waals surface area contributed by atoms with Crippen molar-refractivity contribution < 1.29 is 17.9 Å². The summed E-state index contributed by atoms with van der Waals surface area (Å²) >= 11 is 1.35. The summed E-state index contributed by atoms with van der Waals surface area (Å²) in [4.78, 5) is 16.5. The van der Waals surface area contributed by atoms with Crippen molar-refractivity contribution in [2.75, 3.05) is 6.61 Å². The number of nitrogens with zero attached hydrogens (tertiary/aromatic N) is 2. The number of hydrogen-bond acceptors (Lipinski definition) is 7. The zero-order valence-electron chi connectivity index (χ0n) is 11.4. The molecule has 2 rings (SSSR count). The van der Waals surface area contributed by atoms with Gasteiger partial charge in [0.2, 0.25) is 0 Å². The lowest BCUT2D eigenvalue weighted by Crippen LogP contribution is -2.25. The molecule has 0 radical (unpaired) electrons. The van der Waals surface area contributed by atoms with Crippen LogP contribution in [0.4, 0.5) is 0 Å². The molecule has 0 aliphatic rings. The molecule has 0 spiro atoms. The van der Waals surface area contributed by atoms with Gasteiger partial charge in [-0.15, -0.1) is 11.3 Å². The highest BCUT2D eigenvalue weighted by Crippen LogP contribution is 2.16. The maximum atomic E-state index is 12.2. The molecule has 0 bridgehead atoms. The minimum Gasteiger partial charge on any atom is -0.462 e. The highest BCUT2D eigenvalue weighted by molar-refractivity contribution is 7.89. The molecule has 0 aliphatic carbocycles. The number of esters is 1. The number of aryl methyl sites for hydroxylation is 1. The van der Waals surface area contributed by atoms with E-state index in [1.165, 1.54) is 11.3 Å². The van der Waals surface area contributed by atoms with Crippen molar-refractivity contribution in [1.82, 2.24) is 19.9 Å². The maximum Gasteiger partial charge on any atom is 0.342 e. The molecule has 0 atom stereocenters. The molecule has 10 heteroatoms. The molecule has 0 fully saturated rings. The predicted octanol–water partition coefficient (Wildman–Crippen LogP) is 0.830. The third-order valence-corrected chi connectivity index (χ3v) is 4.94. The molecule has 114 valence electrons. The molecule has 21 heavy (non-hydrogen) atoms. The number of carbonyl (C=O) groups is 1. The van der Waals surface area contributed by atoms with Gasteiger partial charge in [-0.05, 0) is 13.8 Å². The van der Waals surface area contributed by atoms with Crippen LogP contribution in [0.15, 0.2) is 16.7 Å². The van der Waals surface area contributed by atoms with Gasteiger partial charge >= 0.3 is 5.97 Å². The number of aromatic amines is 1. The Bertz CT molecular complexity index is 735.